The van der Waals surface area contributed by atoms with Gasteiger partial charge in [-0.05, 0) is 16.8 Å². The quantitative estimate of drug-likeness (QED) is 0.407. The van der Waals surface area contributed by atoms with E-state index in [0.29, 0.717) is 11.1 Å². The highest BCUT2D eigenvalue weighted by Gasteiger charge is 2.10. The van der Waals surface area contributed by atoms with Crippen LogP contribution >= 0.6 is 0 Å². The zero-order valence-corrected chi connectivity index (χ0v) is 10.9. The van der Waals surface area contributed by atoms with Crippen molar-refractivity contribution in [3.63, 3.8) is 0 Å². The molecule has 3 aromatic rings. The van der Waals surface area contributed by atoms with Gasteiger partial charge in [0.15, 0.2) is 0 Å². The first kappa shape index (κ1) is 12.4. The molecule has 0 saturated heterocycles. The van der Waals surface area contributed by atoms with Gasteiger partial charge in [-0.25, -0.2) is 4.79 Å². The Balaban J connectivity index is 2.33. The summed E-state index contributed by atoms with van der Waals surface area (Å²) in [5.41, 5.74) is 0.705. The van der Waals surface area contributed by atoms with Gasteiger partial charge in [-0.1, -0.05) is 30.3 Å². The third kappa shape index (κ3) is 2.16. The highest BCUT2D eigenvalue weighted by Crippen LogP contribution is 2.27. The van der Waals surface area contributed by atoms with Crippen molar-refractivity contribution in [3.05, 3.63) is 58.4 Å². The number of carbonyl (C=O) groups excluding carboxylic acids is 1. The third-order valence-corrected chi connectivity index (χ3v) is 3.15. The Labute approximate surface area is 114 Å². The van der Waals surface area contributed by atoms with Crippen molar-refractivity contribution in [1.82, 2.24) is 0 Å². The molecule has 1 heterocycles. The van der Waals surface area contributed by atoms with E-state index < -0.39 is 5.63 Å². The van der Waals surface area contributed by atoms with Crippen LogP contribution in [0.3, 0.4) is 0 Å². The van der Waals surface area contributed by atoms with Crippen LogP contribution < -0.4 is 5.63 Å². The molecule has 4 heteroatoms. The number of ether oxygens (including phenoxy) is 1. The Morgan fingerprint density at radius 1 is 1.20 bits per heavy atom. The maximum atomic E-state index is 11.6. The van der Waals surface area contributed by atoms with E-state index in [9.17, 15) is 9.59 Å². The monoisotopic (exact) mass is 268 g/mol. The summed E-state index contributed by atoms with van der Waals surface area (Å²) in [5.74, 6) is -0.383. The van der Waals surface area contributed by atoms with Crippen molar-refractivity contribution in [1.29, 1.82) is 0 Å². The van der Waals surface area contributed by atoms with E-state index in [4.69, 9.17) is 9.15 Å². The van der Waals surface area contributed by atoms with Gasteiger partial charge in [-0.2, -0.15) is 0 Å². The summed E-state index contributed by atoms with van der Waals surface area (Å²) in [5, 5.41) is 2.82. The van der Waals surface area contributed by atoms with Crippen molar-refractivity contribution >= 4 is 27.7 Å². The van der Waals surface area contributed by atoms with Crippen LogP contribution in [-0.4, -0.2) is 5.97 Å². The number of hydrogen-bond acceptors (Lipinski definition) is 4. The molecule has 2 aromatic carbocycles. The van der Waals surface area contributed by atoms with Gasteiger partial charge >= 0.3 is 11.6 Å². The number of hydrogen-bond donors (Lipinski definition) is 0. The molecular weight excluding hydrogens is 256 g/mol. The zero-order valence-electron chi connectivity index (χ0n) is 10.9. The molecule has 4 nitrogen and oxygen atoms in total. The Morgan fingerprint density at radius 2 is 2.00 bits per heavy atom. The van der Waals surface area contributed by atoms with E-state index in [2.05, 4.69) is 0 Å². The van der Waals surface area contributed by atoms with E-state index in [-0.39, 0.29) is 12.6 Å². The summed E-state index contributed by atoms with van der Waals surface area (Å²) in [6, 6.07) is 12.8. The fraction of sp³-hybridized carbons (Fsp3) is 0.125. The second-order valence-corrected chi connectivity index (χ2v) is 4.53. The van der Waals surface area contributed by atoms with Crippen LogP contribution in [0.4, 0.5) is 0 Å². The van der Waals surface area contributed by atoms with Crippen molar-refractivity contribution < 1.29 is 13.9 Å². The Bertz CT molecular complexity index is 861. The summed E-state index contributed by atoms with van der Waals surface area (Å²) >= 11 is 0. The molecule has 0 N–H and O–H groups in total. The maximum absolute atomic E-state index is 11.6. The zero-order chi connectivity index (χ0) is 14.1. The van der Waals surface area contributed by atoms with Crippen LogP contribution in [0, 0.1) is 0 Å². The van der Waals surface area contributed by atoms with E-state index in [0.717, 1.165) is 16.2 Å². The SMILES string of the molecule is CC(=O)OCc1cc(=O)oc2ccc3ccccc3c12. The van der Waals surface area contributed by atoms with Crippen molar-refractivity contribution in [2.24, 2.45) is 0 Å². The number of fused-ring (bicyclic) bond motifs is 3. The fourth-order valence-corrected chi connectivity index (χ4v) is 2.31. The van der Waals surface area contributed by atoms with Gasteiger partial charge in [-0.3, -0.25) is 4.79 Å². The predicted octanol–water partition coefficient (Wildman–Crippen LogP) is 3.01. The highest BCUT2D eigenvalue weighted by molar-refractivity contribution is 6.07. The van der Waals surface area contributed by atoms with Crippen molar-refractivity contribution in [2.75, 3.05) is 0 Å². The first-order valence-electron chi connectivity index (χ1n) is 6.23. The van der Waals surface area contributed by atoms with Gasteiger partial charge in [0.1, 0.15) is 12.2 Å². The van der Waals surface area contributed by atoms with Gasteiger partial charge < -0.3 is 9.15 Å². The molecule has 0 radical (unpaired) electrons. The first-order valence-corrected chi connectivity index (χ1v) is 6.23. The second-order valence-electron chi connectivity index (χ2n) is 4.53. The van der Waals surface area contributed by atoms with Gasteiger partial charge in [0.25, 0.3) is 0 Å². The van der Waals surface area contributed by atoms with Crippen LogP contribution in [0.15, 0.2) is 51.7 Å². The second kappa shape index (κ2) is 4.81. The number of benzene rings is 2. The molecule has 0 saturated carbocycles. The summed E-state index contributed by atoms with van der Waals surface area (Å²) in [4.78, 5) is 22.6. The standard InChI is InChI=1S/C16H12O4/c1-10(17)19-9-12-8-15(18)20-14-7-6-11-4-2-3-5-13(11)16(12)14/h2-8H,9H2,1H3. The molecule has 0 bridgehead atoms. The first-order chi connectivity index (χ1) is 9.65. The molecule has 0 atom stereocenters. The van der Waals surface area contributed by atoms with Crippen LogP contribution in [0.5, 0.6) is 0 Å². The summed E-state index contributed by atoms with van der Waals surface area (Å²) in [7, 11) is 0. The molecule has 3 rings (SSSR count). The van der Waals surface area contributed by atoms with Crippen LogP contribution in [0.1, 0.15) is 12.5 Å². The van der Waals surface area contributed by atoms with E-state index in [1.54, 1.807) is 6.07 Å². The van der Waals surface area contributed by atoms with Crippen molar-refractivity contribution in [2.45, 2.75) is 13.5 Å². The predicted molar refractivity (Wildman–Crippen MR) is 75.5 cm³/mol. The highest BCUT2D eigenvalue weighted by atomic mass is 16.5. The minimum Gasteiger partial charge on any atom is -0.461 e. The molecule has 1 aromatic heterocycles. The van der Waals surface area contributed by atoms with Gasteiger partial charge in [0.05, 0.1) is 0 Å². The normalized spacial score (nSPS) is 10.8. The molecule has 0 aliphatic carbocycles. The summed E-state index contributed by atoms with van der Waals surface area (Å²) < 4.78 is 10.2. The van der Waals surface area contributed by atoms with Crippen molar-refractivity contribution in [3.8, 4) is 0 Å². The lowest BCUT2D eigenvalue weighted by Gasteiger charge is -2.08. The lowest BCUT2D eigenvalue weighted by molar-refractivity contribution is -0.142. The summed E-state index contributed by atoms with van der Waals surface area (Å²) in [6.45, 7) is 1.40. The van der Waals surface area contributed by atoms with Gasteiger partial charge in [0, 0.05) is 23.9 Å². The van der Waals surface area contributed by atoms with E-state index >= 15 is 0 Å². The minimum atomic E-state index is -0.449. The van der Waals surface area contributed by atoms with Gasteiger partial charge in [0.2, 0.25) is 0 Å². The van der Waals surface area contributed by atoms with Gasteiger partial charge in [-0.15, -0.1) is 0 Å². The number of esters is 1. The third-order valence-electron chi connectivity index (χ3n) is 3.15. The van der Waals surface area contributed by atoms with Crippen LogP contribution in [-0.2, 0) is 16.1 Å². The van der Waals surface area contributed by atoms with E-state index in [1.807, 2.05) is 30.3 Å². The summed E-state index contributed by atoms with van der Waals surface area (Å²) in [6.07, 6.45) is 0. The molecule has 0 aliphatic rings. The molecule has 0 unspecified atom stereocenters. The molecule has 0 spiro atoms. The molecule has 0 amide bonds. The average molecular weight is 268 g/mol. The smallest absolute Gasteiger partial charge is 0.336 e. The molecular formula is C16H12O4. The molecule has 100 valence electrons. The Hall–Kier alpha value is -2.62. The largest absolute Gasteiger partial charge is 0.461 e. The average Bonchev–Trinajstić information content (AvgIpc) is 2.44. The fourth-order valence-electron chi connectivity index (χ4n) is 2.31. The number of rotatable bonds is 2. The number of carbonyl (C=O) groups is 1. The lowest BCUT2D eigenvalue weighted by atomic mass is 10.0. The molecule has 0 aliphatic heterocycles. The lowest BCUT2D eigenvalue weighted by Crippen LogP contribution is -2.05. The topological polar surface area (TPSA) is 56.5 Å². The van der Waals surface area contributed by atoms with Crippen LogP contribution in [0.25, 0.3) is 21.7 Å². The van der Waals surface area contributed by atoms with Crippen LogP contribution in [0.2, 0.25) is 0 Å². The Kier molecular flexibility index (Phi) is 2.99. The maximum Gasteiger partial charge on any atom is 0.336 e. The molecule has 20 heavy (non-hydrogen) atoms. The minimum absolute atomic E-state index is 0.0610. The Morgan fingerprint density at radius 3 is 2.80 bits per heavy atom. The van der Waals surface area contributed by atoms with E-state index in [1.165, 1.54) is 13.0 Å². The molecule has 0 fully saturated rings.